The second-order valence-corrected chi connectivity index (χ2v) is 11.5. The van der Waals surface area contributed by atoms with Gasteiger partial charge in [0.2, 0.25) is 0 Å². The maximum absolute atomic E-state index is 6.26. The Morgan fingerprint density at radius 2 is 0.592 bits per heavy atom. The summed E-state index contributed by atoms with van der Waals surface area (Å²) in [4.78, 5) is 19.5. The number of aromatic nitrogens is 4. The Kier molecular flexibility index (Phi) is 8.21. The van der Waals surface area contributed by atoms with Crippen molar-refractivity contribution in [1.82, 2.24) is 19.9 Å². The minimum atomic E-state index is 0.601. The third-order valence-corrected chi connectivity index (χ3v) is 8.20. The molecule has 0 fully saturated rings. The maximum atomic E-state index is 6.26. The van der Waals surface area contributed by atoms with Crippen LogP contribution >= 0.6 is 0 Å². The van der Waals surface area contributed by atoms with E-state index in [-0.39, 0.29) is 0 Å². The van der Waals surface area contributed by atoms with Gasteiger partial charge in [0.15, 0.2) is 17.5 Å². The lowest BCUT2D eigenvalue weighted by Crippen LogP contribution is -2.00. The molecule has 49 heavy (non-hydrogen) atoms. The number of hydrogen-bond acceptors (Lipinski definition) is 5. The lowest BCUT2D eigenvalue weighted by Gasteiger charge is -2.11. The summed E-state index contributed by atoms with van der Waals surface area (Å²) in [5.41, 5.74) is 8.94. The van der Waals surface area contributed by atoms with Gasteiger partial charge in [-0.2, -0.15) is 0 Å². The average Bonchev–Trinajstić information content (AvgIpc) is 3.19. The van der Waals surface area contributed by atoms with Crippen LogP contribution in [0.5, 0.6) is 11.5 Å². The molecule has 0 amide bonds. The van der Waals surface area contributed by atoms with Crippen LogP contribution in [0.15, 0.2) is 182 Å². The quantitative estimate of drug-likeness (QED) is 0.167. The first kappa shape index (κ1) is 29.7. The zero-order chi connectivity index (χ0) is 32.8. The second kappa shape index (κ2) is 13.6. The molecule has 0 saturated heterocycles. The van der Waals surface area contributed by atoms with E-state index >= 15 is 0 Å². The molecule has 0 atom stereocenters. The van der Waals surface area contributed by atoms with E-state index in [1.54, 1.807) is 0 Å². The van der Waals surface area contributed by atoms with E-state index in [2.05, 4.69) is 60.7 Å². The van der Waals surface area contributed by atoms with Crippen molar-refractivity contribution < 1.29 is 4.74 Å². The molecule has 5 nitrogen and oxygen atoms in total. The Morgan fingerprint density at radius 1 is 0.265 bits per heavy atom. The van der Waals surface area contributed by atoms with Gasteiger partial charge in [-0.1, -0.05) is 121 Å². The minimum Gasteiger partial charge on any atom is -0.457 e. The van der Waals surface area contributed by atoms with Gasteiger partial charge in [-0.05, 0) is 71.8 Å². The molecule has 0 unspecified atom stereocenters. The Bertz CT molecular complexity index is 2030. The van der Waals surface area contributed by atoms with Gasteiger partial charge in [0, 0.05) is 27.8 Å². The predicted molar refractivity (Wildman–Crippen MR) is 197 cm³/mol. The molecule has 8 aromatic rings. The third kappa shape index (κ3) is 6.73. The van der Waals surface area contributed by atoms with Crippen LogP contribution in [0.25, 0.3) is 67.8 Å². The van der Waals surface area contributed by atoms with Gasteiger partial charge in [-0.3, -0.25) is 0 Å². The zero-order valence-corrected chi connectivity index (χ0v) is 26.5. The fourth-order valence-corrected chi connectivity index (χ4v) is 5.67. The second-order valence-electron chi connectivity index (χ2n) is 11.5. The largest absolute Gasteiger partial charge is 0.457 e. The number of ether oxygens (including phenoxy) is 1. The van der Waals surface area contributed by atoms with Crippen LogP contribution in [0, 0.1) is 0 Å². The molecule has 5 heteroatoms. The fourth-order valence-electron chi connectivity index (χ4n) is 5.67. The van der Waals surface area contributed by atoms with Gasteiger partial charge in [0.05, 0.1) is 11.4 Å². The zero-order valence-electron chi connectivity index (χ0n) is 26.5. The SMILES string of the molecule is c1ccc(-c2cc(-c3ccccc3)nc(-c3ccc(Oc4ccc(-c5nc(-c6ccccc6)nc(-c6ccccc6)n5)cc4)cc3)c2)cc1. The molecule has 0 N–H and O–H groups in total. The van der Waals surface area contributed by atoms with Crippen molar-refractivity contribution in [3.05, 3.63) is 182 Å². The van der Waals surface area contributed by atoms with Gasteiger partial charge < -0.3 is 4.74 Å². The Balaban J connectivity index is 1.06. The van der Waals surface area contributed by atoms with E-state index in [4.69, 9.17) is 24.7 Å². The normalized spacial score (nSPS) is 10.9. The number of pyridine rings is 1. The van der Waals surface area contributed by atoms with Crippen LogP contribution in [0.1, 0.15) is 0 Å². The van der Waals surface area contributed by atoms with E-state index < -0.39 is 0 Å². The number of hydrogen-bond donors (Lipinski definition) is 0. The Labute approximate surface area is 285 Å². The van der Waals surface area contributed by atoms with E-state index in [0.29, 0.717) is 23.2 Å². The van der Waals surface area contributed by atoms with Crippen LogP contribution in [-0.4, -0.2) is 19.9 Å². The summed E-state index contributed by atoms with van der Waals surface area (Å²) in [5, 5.41) is 0. The summed E-state index contributed by atoms with van der Waals surface area (Å²) < 4.78 is 6.26. The van der Waals surface area contributed by atoms with Crippen molar-refractivity contribution in [2.75, 3.05) is 0 Å². The molecular formula is C44H30N4O. The van der Waals surface area contributed by atoms with E-state index in [1.807, 2.05) is 121 Å². The van der Waals surface area contributed by atoms with E-state index in [9.17, 15) is 0 Å². The molecule has 0 bridgehead atoms. The topological polar surface area (TPSA) is 60.8 Å². The molecular weight excluding hydrogens is 601 g/mol. The molecule has 232 valence electrons. The van der Waals surface area contributed by atoms with Crippen LogP contribution in [0.4, 0.5) is 0 Å². The highest BCUT2D eigenvalue weighted by atomic mass is 16.5. The van der Waals surface area contributed by atoms with Crippen molar-refractivity contribution in [3.8, 4) is 79.3 Å². The van der Waals surface area contributed by atoms with Crippen LogP contribution in [-0.2, 0) is 0 Å². The van der Waals surface area contributed by atoms with Gasteiger partial charge in [-0.25, -0.2) is 19.9 Å². The molecule has 0 radical (unpaired) electrons. The van der Waals surface area contributed by atoms with Gasteiger partial charge >= 0.3 is 0 Å². The average molecular weight is 631 g/mol. The van der Waals surface area contributed by atoms with Crippen LogP contribution in [0.3, 0.4) is 0 Å². The molecule has 0 aliphatic rings. The van der Waals surface area contributed by atoms with Crippen molar-refractivity contribution in [3.63, 3.8) is 0 Å². The minimum absolute atomic E-state index is 0.601. The number of benzene rings is 6. The third-order valence-electron chi connectivity index (χ3n) is 8.20. The van der Waals surface area contributed by atoms with Gasteiger partial charge in [0.25, 0.3) is 0 Å². The molecule has 0 saturated carbocycles. The van der Waals surface area contributed by atoms with Crippen LogP contribution < -0.4 is 4.74 Å². The monoisotopic (exact) mass is 630 g/mol. The van der Waals surface area contributed by atoms with Gasteiger partial charge in [-0.15, -0.1) is 0 Å². The molecule has 0 spiro atoms. The van der Waals surface area contributed by atoms with E-state index in [0.717, 1.165) is 56.1 Å². The van der Waals surface area contributed by atoms with E-state index in [1.165, 1.54) is 0 Å². The highest BCUT2D eigenvalue weighted by Crippen LogP contribution is 2.32. The van der Waals surface area contributed by atoms with Crippen LogP contribution in [0.2, 0.25) is 0 Å². The highest BCUT2D eigenvalue weighted by Gasteiger charge is 2.13. The van der Waals surface area contributed by atoms with Crippen molar-refractivity contribution in [1.29, 1.82) is 0 Å². The smallest absolute Gasteiger partial charge is 0.164 e. The van der Waals surface area contributed by atoms with Gasteiger partial charge in [0.1, 0.15) is 11.5 Å². The number of rotatable bonds is 8. The first-order valence-electron chi connectivity index (χ1n) is 16.1. The summed E-state index contributed by atoms with van der Waals surface area (Å²) in [5.74, 6) is 3.31. The Hall–Kier alpha value is -6.72. The van der Waals surface area contributed by atoms with Crippen molar-refractivity contribution in [2.45, 2.75) is 0 Å². The standard InChI is InChI=1S/C44H30N4O/c1-5-13-31(14-6-1)37-29-40(32-15-7-2-8-16-32)45-41(30-37)33-21-25-38(26-22-33)49-39-27-23-36(24-28-39)44-47-42(34-17-9-3-10-18-34)46-43(48-44)35-19-11-4-12-20-35/h1-30H. The summed E-state index contributed by atoms with van der Waals surface area (Å²) in [7, 11) is 0. The maximum Gasteiger partial charge on any atom is 0.164 e. The van der Waals surface area contributed by atoms with Crippen molar-refractivity contribution >= 4 is 0 Å². The Morgan fingerprint density at radius 3 is 1.02 bits per heavy atom. The highest BCUT2D eigenvalue weighted by molar-refractivity contribution is 5.77. The number of nitrogens with zero attached hydrogens (tertiary/aromatic N) is 4. The molecule has 6 aromatic carbocycles. The molecule has 0 aliphatic carbocycles. The fraction of sp³-hybridized carbons (Fsp3) is 0. The summed E-state index contributed by atoms with van der Waals surface area (Å²) in [6, 6.07) is 60.8. The lowest BCUT2D eigenvalue weighted by atomic mass is 10.00. The molecule has 2 heterocycles. The first-order valence-corrected chi connectivity index (χ1v) is 16.1. The molecule has 8 rings (SSSR count). The van der Waals surface area contributed by atoms with Crippen molar-refractivity contribution in [2.24, 2.45) is 0 Å². The molecule has 2 aromatic heterocycles. The first-order chi connectivity index (χ1) is 24.2. The summed E-state index contributed by atoms with van der Waals surface area (Å²) in [6.07, 6.45) is 0. The summed E-state index contributed by atoms with van der Waals surface area (Å²) in [6.45, 7) is 0. The lowest BCUT2D eigenvalue weighted by molar-refractivity contribution is 0.483. The molecule has 0 aliphatic heterocycles. The predicted octanol–water partition coefficient (Wildman–Crippen LogP) is 11.1. The summed E-state index contributed by atoms with van der Waals surface area (Å²) >= 11 is 0.